The molecule has 4 atom stereocenters. The van der Waals surface area contributed by atoms with E-state index in [0.29, 0.717) is 37.7 Å². The molecule has 49 heavy (non-hydrogen) atoms. The zero-order valence-corrected chi connectivity index (χ0v) is 30.2. The van der Waals surface area contributed by atoms with Crippen LogP contribution in [0.2, 0.25) is 0 Å². The van der Waals surface area contributed by atoms with Gasteiger partial charge in [0.05, 0.1) is 49.5 Å². The zero-order chi connectivity index (χ0) is 35.6. The molecule has 1 heterocycles. The maximum Gasteiger partial charge on any atom is 0.261 e. The molecule has 1 aliphatic rings. The number of hydrogen-bond donors (Lipinski definition) is 2. The molecule has 0 saturated carbocycles. The molecule has 3 aromatic carbocycles. The number of hydrogen-bond acceptors (Lipinski definition) is 9. The third-order valence-corrected chi connectivity index (χ3v) is 10.2. The Morgan fingerprint density at radius 1 is 1.00 bits per heavy atom. The van der Waals surface area contributed by atoms with Gasteiger partial charge in [-0.15, -0.1) is 0 Å². The summed E-state index contributed by atoms with van der Waals surface area (Å²) < 4.78 is 52.4. The molecule has 268 valence electrons. The third-order valence-electron chi connectivity index (χ3n) is 8.78. The molecule has 2 N–H and O–H groups in total. The number of aliphatic hydroxyl groups excluding tert-OH is 1. The van der Waals surface area contributed by atoms with E-state index in [0.717, 1.165) is 30.6 Å². The van der Waals surface area contributed by atoms with Gasteiger partial charge in [-0.2, -0.15) is 0 Å². The number of carbonyl (C=O) groups excluding carboxylic acids is 1. The number of amides is 1. The standard InChI is InChI=1S/C37H51N3O8S/c1-26-22-40(27(2)25-41)37(42)34-21-30(38-49(43,44)33-17-15-32(46-6)16-18-33)12-19-35(34)48-28(3)9-7-8-20-47-36(26)24-39(4)23-29-10-13-31(45-5)14-11-29/h10-19,21,26-28,36,38,41H,7-9,20,22-25H2,1-6H3/t26-,27-,28-,36-/m1/s1. The summed E-state index contributed by atoms with van der Waals surface area (Å²) in [4.78, 5) is 18.3. The van der Waals surface area contributed by atoms with Crippen LogP contribution in [-0.2, 0) is 21.3 Å². The Morgan fingerprint density at radius 2 is 1.65 bits per heavy atom. The summed E-state index contributed by atoms with van der Waals surface area (Å²) >= 11 is 0. The van der Waals surface area contributed by atoms with E-state index in [2.05, 4.69) is 23.6 Å². The van der Waals surface area contributed by atoms with E-state index in [1.165, 1.54) is 25.3 Å². The predicted octanol–water partition coefficient (Wildman–Crippen LogP) is 5.43. The minimum atomic E-state index is -3.97. The van der Waals surface area contributed by atoms with Crippen molar-refractivity contribution < 1.29 is 37.3 Å². The second-order valence-corrected chi connectivity index (χ2v) is 14.5. The summed E-state index contributed by atoms with van der Waals surface area (Å²) in [6, 6.07) is 18.2. The van der Waals surface area contributed by atoms with Crippen LogP contribution >= 0.6 is 0 Å². The second kappa shape index (κ2) is 17.7. The molecule has 0 aliphatic carbocycles. The number of fused-ring (bicyclic) bond motifs is 1. The maximum absolute atomic E-state index is 14.4. The Kier molecular flexibility index (Phi) is 13.7. The van der Waals surface area contributed by atoms with Gasteiger partial charge in [0.15, 0.2) is 0 Å². The van der Waals surface area contributed by atoms with Crippen molar-refractivity contribution in [3.63, 3.8) is 0 Å². The van der Waals surface area contributed by atoms with Crippen molar-refractivity contribution in [1.29, 1.82) is 0 Å². The first-order chi connectivity index (χ1) is 23.4. The highest BCUT2D eigenvalue weighted by molar-refractivity contribution is 7.92. The van der Waals surface area contributed by atoms with E-state index in [4.69, 9.17) is 18.9 Å². The zero-order valence-electron chi connectivity index (χ0n) is 29.4. The number of likely N-dealkylation sites (N-methyl/N-ethyl adjacent to an activating group) is 1. The normalized spacial score (nSPS) is 20.1. The predicted molar refractivity (Wildman–Crippen MR) is 190 cm³/mol. The summed E-state index contributed by atoms with van der Waals surface area (Å²) in [6.45, 7) is 7.78. The number of anilines is 1. The number of ether oxygens (including phenoxy) is 4. The lowest BCUT2D eigenvalue weighted by Crippen LogP contribution is -2.47. The van der Waals surface area contributed by atoms with Crippen molar-refractivity contribution in [2.75, 3.05) is 52.3 Å². The Morgan fingerprint density at radius 3 is 2.29 bits per heavy atom. The first kappa shape index (κ1) is 38.0. The fourth-order valence-corrected chi connectivity index (χ4v) is 6.88. The number of nitrogens with one attached hydrogen (secondary N) is 1. The van der Waals surface area contributed by atoms with Crippen LogP contribution in [0.25, 0.3) is 0 Å². The van der Waals surface area contributed by atoms with Gasteiger partial charge < -0.3 is 29.0 Å². The molecular weight excluding hydrogens is 646 g/mol. The Hall–Kier alpha value is -3.84. The third kappa shape index (κ3) is 10.6. The first-order valence-electron chi connectivity index (χ1n) is 16.8. The second-order valence-electron chi connectivity index (χ2n) is 12.8. The molecule has 4 rings (SSSR count). The fraction of sp³-hybridized carbons (Fsp3) is 0.486. The van der Waals surface area contributed by atoms with Crippen molar-refractivity contribution in [2.45, 2.75) is 69.7 Å². The van der Waals surface area contributed by atoms with E-state index in [9.17, 15) is 18.3 Å². The lowest BCUT2D eigenvalue weighted by atomic mass is 10.0. The highest BCUT2D eigenvalue weighted by atomic mass is 32.2. The van der Waals surface area contributed by atoms with Crippen molar-refractivity contribution in [2.24, 2.45) is 5.92 Å². The van der Waals surface area contributed by atoms with Gasteiger partial charge in [0.2, 0.25) is 0 Å². The van der Waals surface area contributed by atoms with Crippen LogP contribution in [-0.4, -0.2) is 95.1 Å². The number of rotatable bonds is 11. The van der Waals surface area contributed by atoms with Crippen molar-refractivity contribution >= 4 is 21.6 Å². The smallest absolute Gasteiger partial charge is 0.261 e. The van der Waals surface area contributed by atoms with Gasteiger partial charge in [0.1, 0.15) is 17.2 Å². The number of carbonyl (C=O) groups is 1. The summed E-state index contributed by atoms with van der Waals surface area (Å²) in [7, 11) is 1.24. The van der Waals surface area contributed by atoms with Gasteiger partial charge in [0, 0.05) is 37.8 Å². The molecule has 1 amide bonds. The topological polar surface area (TPSA) is 127 Å². The van der Waals surface area contributed by atoms with Crippen LogP contribution in [0.15, 0.2) is 71.6 Å². The van der Waals surface area contributed by atoms with Crippen LogP contribution in [0.3, 0.4) is 0 Å². The summed E-state index contributed by atoms with van der Waals surface area (Å²) in [5.41, 5.74) is 1.57. The molecular formula is C37H51N3O8S. The van der Waals surface area contributed by atoms with Crippen LogP contribution in [0.1, 0.15) is 56.0 Å². The van der Waals surface area contributed by atoms with Gasteiger partial charge in [0.25, 0.3) is 15.9 Å². The first-order valence-corrected chi connectivity index (χ1v) is 18.2. The summed E-state index contributed by atoms with van der Waals surface area (Å²) in [5, 5.41) is 10.3. The molecule has 0 saturated heterocycles. The Labute approximate surface area is 291 Å². The molecule has 0 aromatic heterocycles. The number of methoxy groups -OCH3 is 2. The quantitative estimate of drug-likeness (QED) is 0.270. The van der Waals surface area contributed by atoms with Gasteiger partial charge >= 0.3 is 0 Å². The largest absolute Gasteiger partial charge is 0.497 e. The molecule has 0 bridgehead atoms. The highest BCUT2D eigenvalue weighted by Gasteiger charge is 2.31. The molecule has 0 fully saturated rings. The molecule has 0 spiro atoms. The fourth-order valence-electron chi connectivity index (χ4n) is 5.83. The van der Waals surface area contributed by atoms with E-state index in [-0.39, 0.29) is 46.8 Å². The number of aliphatic hydroxyl groups is 1. The van der Waals surface area contributed by atoms with E-state index >= 15 is 0 Å². The van der Waals surface area contributed by atoms with Crippen molar-refractivity contribution in [3.05, 3.63) is 77.9 Å². The molecule has 12 heteroatoms. The molecule has 0 unspecified atom stereocenters. The number of sulfonamides is 1. The van der Waals surface area contributed by atoms with E-state index < -0.39 is 16.1 Å². The molecule has 11 nitrogen and oxygen atoms in total. The van der Waals surface area contributed by atoms with E-state index in [1.54, 1.807) is 43.2 Å². The summed E-state index contributed by atoms with van der Waals surface area (Å²) in [6.07, 6.45) is 2.08. The monoisotopic (exact) mass is 697 g/mol. The average Bonchev–Trinajstić information content (AvgIpc) is 3.09. The van der Waals surface area contributed by atoms with E-state index in [1.807, 2.05) is 31.2 Å². The lowest BCUT2D eigenvalue weighted by molar-refractivity contribution is -0.0177. The van der Waals surface area contributed by atoms with Gasteiger partial charge in [-0.05, 0) is 100 Å². The van der Waals surface area contributed by atoms with Crippen LogP contribution in [0.5, 0.6) is 17.2 Å². The summed E-state index contributed by atoms with van der Waals surface area (Å²) in [5.74, 6) is 1.23. The van der Waals surface area contributed by atoms with Crippen molar-refractivity contribution in [3.8, 4) is 17.2 Å². The number of benzene rings is 3. The lowest BCUT2D eigenvalue weighted by Gasteiger charge is -2.36. The minimum Gasteiger partial charge on any atom is -0.497 e. The molecule has 0 radical (unpaired) electrons. The number of nitrogens with zero attached hydrogens (tertiary/aromatic N) is 2. The Bertz CT molecular complexity index is 1600. The van der Waals surface area contributed by atoms with Crippen LogP contribution in [0.4, 0.5) is 5.69 Å². The Balaban J connectivity index is 1.62. The molecule has 3 aromatic rings. The highest BCUT2D eigenvalue weighted by Crippen LogP contribution is 2.30. The SMILES string of the molecule is COc1ccc(CN(C)C[C@H]2OCCCC[C@@H](C)Oc3ccc(NS(=O)(=O)c4ccc(OC)cc4)cc3C(=O)N([C@H](C)CO)C[C@H]2C)cc1. The van der Waals surface area contributed by atoms with Crippen molar-refractivity contribution in [1.82, 2.24) is 9.80 Å². The minimum absolute atomic E-state index is 0.0527. The van der Waals surface area contributed by atoms with Gasteiger partial charge in [-0.3, -0.25) is 14.4 Å². The van der Waals surface area contributed by atoms with Gasteiger partial charge in [-0.25, -0.2) is 8.42 Å². The maximum atomic E-state index is 14.4. The van der Waals surface area contributed by atoms with Crippen LogP contribution in [0, 0.1) is 5.92 Å². The molecule has 1 aliphatic heterocycles. The van der Waals surface area contributed by atoms with Gasteiger partial charge in [-0.1, -0.05) is 19.1 Å². The van der Waals surface area contributed by atoms with Crippen LogP contribution < -0.4 is 18.9 Å². The average molecular weight is 698 g/mol.